The van der Waals surface area contributed by atoms with Crippen LogP contribution in [0.5, 0.6) is 5.75 Å². The van der Waals surface area contributed by atoms with E-state index in [4.69, 9.17) is 14.5 Å². The molecular formula is C30H37N3O3. The fourth-order valence-corrected chi connectivity index (χ4v) is 4.90. The minimum atomic E-state index is -0.326. The van der Waals surface area contributed by atoms with E-state index in [-0.39, 0.29) is 12.1 Å². The molecule has 0 radical (unpaired) electrons. The van der Waals surface area contributed by atoms with Gasteiger partial charge in [0.15, 0.2) is 0 Å². The summed E-state index contributed by atoms with van der Waals surface area (Å²) in [4.78, 5) is 22.8. The van der Waals surface area contributed by atoms with E-state index in [0.29, 0.717) is 24.0 Å². The summed E-state index contributed by atoms with van der Waals surface area (Å²) < 4.78 is 11.5. The number of aromatic nitrogens is 1. The molecule has 0 N–H and O–H groups in total. The summed E-state index contributed by atoms with van der Waals surface area (Å²) in [5, 5.41) is 0. The van der Waals surface area contributed by atoms with Gasteiger partial charge in [-0.15, -0.1) is 0 Å². The average Bonchev–Trinajstić information content (AvgIpc) is 3.38. The summed E-state index contributed by atoms with van der Waals surface area (Å²) in [7, 11) is 0. The third kappa shape index (κ3) is 5.88. The zero-order valence-corrected chi connectivity index (χ0v) is 21.8. The Balaban J connectivity index is 1.61. The molecule has 3 aromatic rings. The van der Waals surface area contributed by atoms with Gasteiger partial charge in [-0.05, 0) is 51.4 Å². The molecule has 1 atom stereocenters. The van der Waals surface area contributed by atoms with Crippen molar-refractivity contribution in [1.82, 2.24) is 9.88 Å². The highest BCUT2D eigenvalue weighted by Gasteiger charge is 2.32. The highest BCUT2D eigenvalue weighted by molar-refractivity contribution is 6.02. The molecule has 4 rings (SSSR count). The Kier molecular flexibility index (Phi) is 8.60. The smallest absolute Gasteiger partial charge is 0.342 e. The van der Waals surface area contributed by atoms with Crippen molar-refractivity contribution in [3.05, 3.63) is 78.0 Å². The van der Waals surface area contributed by atoms with E-state index >= 15 is 0 Å². The van der Waals surface area contributed by atoms with Gasteiger partial charge in [-0.25, -0.2) is 9.78 Å². The van der Waals surface area contributed by atoms with E-state index < -0.39 is 0 Å². The quantitative estimate of drug-likeness (QED) is 0.336. The molecule has 0 saturated carbocycles. The fraction of sp³-hybridized carbons (Fsp3) is 0.400. The molecule has 2 heterocycles. The molecule has 1 aromatic heterocycles. The number of benzene rings is 2. The van der Waals surface area contributed by atoms with Crippen LogP contribution >= 0.6 is 0 Å². The van der Waals surface area contributed by atoms with Gasteiger partial charge in [-0.2, -0.15) is 0 Å². The number of esters is 1. The van der Waals surface area contributed by atoms with Gasteiger partial charge >= 0.3 is 5.97 Å². The number of rotatable bonds is 10. The molecule has 1 aliphatic rings. The van der Waals surface area contributed by atoms with Crippen LogP contribution in [0, 0.1) is 0 Å². The third-order valence-electron chi connectivity index (χ3n) is 6.59. The highest BCUT2D eigenvalue weighted by Crippen LogP contribution is 2.33. The summed E-state index contributed by atoms with van der Waals surface area (Å²) in [6.45, 7) is 12.0. The molecular weight excluding hydrogens is 450 g/mol. The number of carbonyl (C=O) groups is 1. The van der Waals surface area contributed by atoms with Crippen LogP contribution in [-0.4, -0.2) is 54.2 Å². The van der Waals surface area contributed by atoms with E-state index in [0.717, 1.165) is 49.5 Å². The lowest BCUT2D eigenvalue weighted by Crippen LogP contribution is -2.37. The molecule has 0 amide bonds. The average molecular weight is 488 g/mol. The standard InChI is InChI=1S/C30H37N3O3/c1-5-32(20-24-14-10-11-15-27(24)35-6-2)25-17-19-33(21-25)29-28(30(34)36-22(3)4)26(16-18-31-29)23-12-8-7-9-13-23/h7-16,18,22,25H,5-6,17,19-21H2,1-4H3/t25-/m1/s1. The molecule has 1 saturated heterocycles. The number of hydrogen-bond donors (Lipinski definition) is 0. The molecule has 6 heteroatoms. The van der Waals surface area contributed by atoms with Crippen molar-refractivity contribution in [2.24, 2.45) is 0 Å². The number of anilines is 1. The number of ether oxygens (including phenoxy) is 2. The molecule has 0 aliphatic carbocycles. The van der Waals surface area contributed by atoms with E-state index in [1.54, 1.807) is 6.20 Å². The van der Waals surface area contributed by atoms with Gasteiger partial charge in [0.05, 0.1) is 12.7 Å². The van der Waals surface area contributed by atoms with Gasteiger partial charge in [0.25, 0.3) is 0 Å². The van der Waals surface area contributed by atoms with Crippen LogP contribution in [0.2, 0.25) is 0 Å². The first-order valence-electron chi connectivity index (χ1n) is 13.0. The first-order valence-corrected chi connectivity index (χ1v) is 13.0. The van der Waals surface area contributed by atoms with Crippen molar-refractivity contribution in [1.29, 1.82) is 0 Å². The molecule has 0 bridgehead atoms. The summed E-state index contributed by atoms with van der Waals surface area (Å²) >= 11 is 0. The predicted octanol–water partition coefficient (Wildman–Crippen LogP) is 5.81. The minimum absolute atomic E-state index is 0.207. The monoisotopic (exact) mass is 487 g/mol. The SMILES string of the molecule is CCOc1ccccc1CN(CC)[C@@H]1CCN(c2nccc(-c3ccccc3)c2C(=O)OC(C)C)C1. The summed E-state index contributed by atoms with van der Waals surface area (Å²) in [6, 6.07) is 20.5. The number of pyridine rings is 1. The topological polar surface area (TPSA) is 54.9 Å². The van der Waals surface area contributed by atoms with Crippen molar-refractivity contribution >= 4 is 11.8 Å². The second-order valence-electron chi connectivity index (χ2n) is 9.37. The third-order valence-corrected chi connectivity index (χ3v) is 6.59. The Morgan fingerprint density at radius 2 is 1.83 bits per heavy atom. The summed E-state index contributed by atoms with van der Waals surface area (Å²) in [6.07, 6.45) is 2.59. The molecule has 190 valence electrons. The second-order valence-corrected chi connectivity index (χ2v) is 9.37. The summed E-state index contributed by atoms with van der Waals surface area (Å²) in [5.41, 5.74) is 3.58. The maximum absolute atomic E-state index is 13.3. The van der Waals surface area contributed by atoms with Gasteiger partial charge in [0.1, 0.15) is 17.1 Å². The molecule has 2 aromatic carbocycles. The fourth-order valence-electron chi connectivity index (χ4n) is 4.90. The first kappa shape index (κ1) is 25.7. The maximum Gasteiger partial charge on any atom is 0.342 e. The van der Waals surface area contributed by atoms with E-state index in [1.807, 2.05) is 69.3 Å². The molecule has 6 nitrogen and oxygen atoms in total. The molecule has 1 aliphatic heterocycles. The van der Waals surface area contributed by atoms with Gasteiger partial charge in [-0.1, -0.05) is 55.5 Å². The van der Waals surface area contributed by atoms with Crippen LogP contribution in [0.3, 0.4) is 0 Å². The summed E-state index contributed by atoms with van der Waals surface area (Å²) in [5.74, 6) is 1.33. The van der Waals surface area contributed by atoms with E-state index in [1.165, 1.54) is 5.56 Å². The molecule has 36 heavy (non-hydrogen) atoms. The van der Waals surface area contributed by atoms with Crippen molar-refractivity contribution in [3.63, 3.8) is 0 Å². The first-order chi connectivity index (χ1) is 17.5. The normalized spacial score (nSPS) is 15.5. The van der Waals surface area contributed by atoms with Crippen LogP contribution in [0.15, 0.2) is 66.9 Å². The van der Waals surface area contributed by atoms with Crippen molar-refractivity contribution in [3.8, 4) is 16.9 Å². The van der Waals surface area contributed by atoms with Gasteiger partial charge in [-0.3, -0.25) is 4.90 Å². The lowest BCUT2D eigenvalue weighted by molar-refractivity contribution is 0.0379. The lowest BCUT2D eigenvalue weighted by atomic mass is 10.0. The van der Waals surface area contributed by atoms with Gasteiger partial charge < -0.3 is 14.4 Å². The number of hydrogen-bond acceptors (Lipinski definition) is 6. The highest BCUT2D eigenvalue weighted by atomic mass is 16.5. The largest absolute Gasteiger partial charge is 0.494 e. The van der Waals surface area contributed by atoms with Crippen molar-refractivity contribution < 1.29 is 14.3 Å². The van der Waals surface area contributed by atoms with Crippen LogP contribution in [0.1, 0.15) is 50.0 Å². The van der Waals surface area contributed by atoms with Crippen LogP contribution in [0.4, 0.5) is 5.82 Å². The maximum atomic E-state index is 13.3. The molecule has 1 fully saturated rings. The predicted molar refractivity (Wildman–Crippen MR) is 145 cm³/mol. The minimum Gasteiger partial charge on any atom is -0.494 e. The molecule has 0 unspecified atom stereocenters. The Bertz CT molecular complexity index is 1150. The Hall–Kier alpha value is -3.38. The van der Waals surface area contributed by atoms with Crippen LogP contribution < -0.4 is 9.64 Å². The van der Waals surface area contributed by atoms with Crippen molar-refractivity contribution in [2.75, 3.05) is 31.1 Å². The van der Waals surface area contributed by atoms with E-state index in [9.17, 15) is 4.79 Å². The zero-order chi connectivity index (χ0) is 25.5. The number of para-hydroxylation sites is 1. The zero-order valence-electron chi connectivity index (χ0n) is 21.8. The second kappa shape index (κ2) is 12.0. The Morgan fingerprint density at radius 1 is 1.08 bits per heavy atom. The number of likely N-dealkylation sites (N-methyl/N-ethyl adjacent to an activating group) is 1. The van der Waals surface area contributed by atoms with Crippen LogP contribution in [0.25, 0.3) is 11.1 Å². The van der Waals surface area contributed by atoms with E-state index in [2.05, 4.69) is 28.9 Å². The van der Waals surface area contributed by atoms with Crippen molar-refractivity contribution in [2.45, 2.75) is 52.8 Å². The van der Waals surface area contributed by atoms with Gasteiger partial charge in [0, 0.05) is 43.0 Å². The Labute approximate surface area is 214 Å². The van der Waals surface area contributed by atoms with Gasteiger partial charge in [0.2, 0.25) is 0 Å². The Morgan fingerprint density at radius 3 is 2.56 bits per heavy atom. The number of carbonyl (C=O) groups excluding carboxylic acids is 1. The molecule has 0 spiro atoms. The number of nitrogens with zero attached hydrogens (tertiary/aromatic N) is 3. The lowest BCUT2D eigenvalue weighted by Gasteiger charge is -2.29. The van der Waals surface area contributed by atoms with Crippen LogP contribution in [-0.2, 0) is 11.3 Å².